The van der Waals surface area contributed by atoms with E-state index >= 15 is 0 Å². The Bertz CT molecular complexity index is 159. The van der Waals surface area contributed by atoms with Gasteiger partial charge in [-0.05, 0) is 12.3 Å². The Labute approximate surface area is 87.6 Å². The maximum absolute atomic E-state index is 11.1. The average molecular weight is 253 g/mol. The molecule has 0 heterocycles. The molecule has 0 amide bonds. The van der Waals surface area contributed by atoms with Gasteiger partial charge in [0.25, 0.3) is 0 Å². The number of carbonyl (C=O) groups excluding carboxylic acids is 1. The van der Waals surface area contributed by atoms with Crippen LogP contribution >= 0.6 is 15.9 Å². The minimum atomic E-state index is -1.00. The van der Waals surface area contributed by atoms with Crippen molar-refractivity contribution in [2.24, 2.45) is 5.92 Å². The van der Waals surface area contributed by atoms with Crippen LogP contribution in [0.4, 0.5) is 0 Å². The predicted octanol–water partition coefficient (Wildman–Crippen LogP) is 1.72. The number of aliphatic hydroxyl groups excluding tert-OH is 1. The second-order valence-corrected chi connectivity index (χ2v) is 4.62. The third-order valence-electron chi connectivity index (χ3n) is 1.72. The van der Waals surface area contributed by atoms with E-state index in [9.17, 15) is 9.90 Å². The highest BCUT2D eigenvalue weighted by Crippen LogP contribution is 2.07. The molecule has 2 atom stereocenters. The van der Waals surface area contributed by atoms with Gasteiger partial charge >= 0.3 is 5.97 Å². The summed E-state index contributed by atoms with van der Waals surface area (Å²) in [5, 5.41) is 9.29. The summed E-state index contributed by atoms with van der Waals surface area (Å²) in [4.78, 5) is 11.3. The molecule has 4 heteroatoms. The number of halogens is 1. The molecule has 0 bridgehead atoms. The topological polar surface area (TPSA) is 46.5 Å². The number of aliphatic hydroxyl groups is 1. The van der Waals surface area contributed by atoms with Crippen molar-refractivity contribution in [2.75, 3.05) is 6.61 Å². The van der Waals surface area contributed by atoms with Crippen molar-refractivity contribution in [2.45, 2.75) is 38.1 Å². The van der Waals surface area contributed by atoms with E-state index in [0.717, 1.165) is 6.42 Å². The molecule has 0 aromatic heterocycles. The van der Waals surface area contributed by atoms with Crippen molar-refractivity contribution < 1.29 is 14.6 Å². The van der Waals surface area contributed by atoms with Gasteiger partial charge in [-0.3, -0.25) is 0 Å². The van der Waals surface area contributed by atoms with Gasteiger partial charge in [0.15, 0.2) is 6.10 Å². The van der Waals surface area contributed by atoms with E-state index in [1.54, 1.807) is 13.8 Å². The first-order valence-electron chi connectivity index (χ1n) is 4.47. The molecule has 0 aliphatic rings. The van der Waals surface area contributed by atoms with Crippen molar-refractivity contribution in [1.82, 2.24) is 0 Å². The maximum atomic E-state index is 11.1. The molecule has 1 N–H and O–H groups in total. The quantitative estimate of drug-likeness (QED) is 0.599. The van der Waals surface area contributed by atoms with Crippen molar-refractivity contribution in [1.29, 1.82) is 0 Å². The molecule has 78 valence electrons. The Balaban J connectivity index is 3.74. The smallest absolute Gasteiger partial charge is 0.335 e. The number of hydrogen-bond donors (Lipinski definition) is 1. The SMILES string of the molecule is CCC(Br)COC(=O)[C@@H](O)C(C)C. The van der Waals surface area contributed by atoms with Crippen LogP contribution in [0.25, 0.3) is 0 Å². The predicted molar refractivity (Wildman–Crippen MR) is 54.8 cm³/mol. The van der Waals surface area contributed by atoms with Crippen LogP contribution in [0.5, 0.6) is 0 Å². The fourth-order valence-corrected chi connectivity index (χ4v) is 0.780. The van der Waals surface area contributed by atoms with Gasteiger partial charge < -0.3 is 9.84 Å². The molecule has 0 fully saturated rings. The van der Waals surface area contributed by atoms with Gasteiger partial charge in [-0.2, -0.15) is 0 Å². The van der Waals surface area contributed by atoms with Crippen LogP contribution in [-0.2, 0) is 9.53 Å². The fraction of sp³-hybridized carbons (Fsp3) is 0.889. The van der Waals surface area contributed by atoms with E-state index in [2.05, 4.69) is 15.9 Å². The Hall–Kier alpha value is -0.0900. The number of hydrogen-bond acceptors (Lipinski definition) is 3. The first kappa shape index (κ1) is 12.9. The van der Waals surface area contributed by atoms with Crippen LogP contribution in [0.1, 0.15) is 27.2 Å². The molecule has 0 spiro atoms. The van der Waals surface area contributed by atoms with Gasteiger partial charge in [-0.15, -0.1) is 0 Å². The molecule has 0 saturated carbocycles. The Morgan fingerprint density at radius 2 is 2.08 bits per heavy atom. The zero-order valence-corrected chi connectivity index (χ0v) is 9.87. The number of rotatable bonds is 5. The number of alkyl halides is 1. The van der Waals surface area contributed by atoms with Crippen molar-refractivity contribution in [3.8, 4) is 0 Å². The van der Waals surface area contributed by atoms with E-state index in [4.69, 9.17) is 4.74 Å². The first-order chi connectivity index (χ1) is 5.99. The lowest BCUT2D eigenvalue weighted by Gasteiger charge is -2.14. The summed E-state index contributed by atoms with van der Waals surface area (Å²) in [6.07, 6.45) is -0.109. The molecular weight excluding hydrogens is 236 g/mol. The lowest BCUT2D eigenvalue weighted by molar-refractivity contribution is -0.155. The average Bonchev–Trinajstić information content (AvgIpc) is 2.11. The Kier molecular flexibility index (Phi) is 6.33. The second kappa shape index (κ2) is 6.38. The highest BCUT2D eigenvalue weighted by Gasteiger charge is 2.20. The number of ether oxygens (including phenoxy) is 1. The fourth-order valence-electron chi connectivity index (χ4n) is 0.648. The highest BCUT2D eigenvalue weighted by molar-refractivity contribution is 9.09. The summed E-state index contributed by atoms with van der Waals surface area (Å²) in [6.45, 7) is 5.86. The zero-order chi connectivity index (χ0) is 10.4. The lowest BCUT2D eigenvalue weighted by Crippen LogP contribution is -2.29. The van der Waals surface area contributed by atoms with Gasteiger partial charge in [-0.25, -0.2) is 4.79 Å². The molecule has 0 aromatic rings. The summed E-state index contributed by atoms with van der Waals surface area (Å²) in [6, 6.07) is 0. The molecule has 3 nitrogen and oxygen atoms in total. The summed E-state index contributed by atoms with van der Waals surface area (Å²) in [5.41, 5.74) is 0. The first-order valence-corrected chi connectivity index (χ1v) is 5.39. The summed E-state index contributed by atoms with van der Waals surface area (Å²) in [7, 11) is 0. The Morgan fingerprint density at radius 3 is 2.46 bits per heavy atom. The number of esters is 1. The molecule has 0 aliphatic heterocycles. The summed E-state index contributed by atoms with van der Waals surface area (Å²) < 4.78 is 4.88. The summed E-state index contributed by atoms with van der Waals surface area (Å²) >= 11 is 3.33. The minimum absolute atomic E-state index is 0.0945. The molecule has 0 aliphatic carbocycles. The highest BCUT2D eigenvalue weighted by atomic mass is 79.9. The van der Waals surface area contributed by atoms with Gasteiger partial charge in [0.1, 0.15) is 6.61 Å². The van der Waals surface area contributed by atoms with E-state index in [0.29, 0.717) is 6.61 Å². The molecule has 1 unspecified atom stereocenters. The van der Waals surface area contributed by atoms with Gasteiger partial charge in [0, 0.05) is 4.83 Å². The van der Waals surface area contributed by atoms with Crippen LogP contribution in [0.15, 0.2) is 0 Å². The molecule has 0 rings (SSSR count). The molecule has 0 aromatic carbocycles. The monoisotopic (exact) mass is 252 g/mol. The largest absolute Gasteiger partial charge is 0.463 e. The van der Waals surface area contributed by atoms with Gasteiger partial charge in [-0.1, -0.05) is 36.7 Å². The second-order valence-electron chi connectivity index (χ2n) is 3.32. The zero-order valence-electron chi connectivity index (χ0n) is 8.29. The van der Waals surface area contributed by atoms with Crippen molar-refractivity contribution >= 4 is 21.9 Å². The normalized spacial score (nSPS) is 15.5. The number of carbonyl (C=O) groups is 1. The van der Waals surface area contributed by atoms with Crippen LogP contribution in [0.2, 0.25) is 0 Å². The molecular formula is C9H17BrO3. The van der Waals surface area contributed by atoms with Gasteiger partial charge in [0.05, 0.1) is 0 Å². The summed E-state index contributed by atoms with van der Waals surface area (Å²) in [5.74, 6) is -0.629. The lowest BCUT2D eigenvalue weighted by atomic mass is 10.1. The van der Waals surface area contributed by atoms with E-state index in [1.807, 2.05) is 6.92 Å². The van der Waals surface area contributed by atoms with E-state index in [-0.39, 0.29) is 10.7 Å². The standard InChI is InChI=1S/C9H17BrO3/c1-4-7(10)5-13-9(12)8(11)6(2)3/h6-8,11H,4-5H2,1-3H3/t7?,8-/m0/s1. The van der Waals surface area contributed by atoms with Crippen LogP contribution < -0.4 is 0 Å². The van der Waals surface area contributed by atoms with Crippen LogP contribution in [0, 0.1) is 5.92 Å². The van der Waals surface area contributed by atoms with E-state index in [1.165, 1.54) is 0 Å². The van der Waals surface area contributed by atoms with E-state index < -0.39 is 12.1 Å². The minimum Gasteiger partial charge on any atom is -0.463 e. The van der Waals surface area contributed by atoms with Crippen molar-refractivity contribution in [3.63, 3.8) is 0 Å². The third kappa shape index (κ3) is 5.26. The Morgan fingerprint density at radius 1 is 1.54 bits per heavy atom. The third-order valence-corrected chi connectivity index (χ3v) is 2.63. The molecule has 0 radical (unpaired) electrons. The maximum Gasteiger partial charge on any atom is 0.335 e. The van der Waals surface area contributed by atoms with Crippen LogP contribution in [-0.4, -0.2) is 28.6 Å². The molecule has 0 saturated heterocycles. The van der Waals surface area contributed by atoms with Crippen molar-refractivity contribution in [3.05, 3.63) is 0 Å². The van der Waals surface area contributed by atoms with Gasteiger partial charge in [0.2, 0.25) is 0 Å². The molecule has 13 heavy (non-hydrogen) atoms. The van der Waals surface area contributed by atoms with Crippen LogP contribution in [0.3, 0.4) is 0 Å².